The summed E-state index contributed by atoms with van der Waals surface area (Å²) >= 11 is 0. The van der Waals surface area contributed by atoms with Gasteiger partial charge >= 0.3 is 11.9 Å². The first-order valence-electron chi connectivity index (χ1n) is 5.19. The summed E-state index contributed by atoms with van der Waals surface area (Å²) in [6, 6.07) is 8.78. The van der Waals surface area contributed by atoms with Crippen molar-refractivity contribution in [3.63, 3.8) is 0 Å². The van der Waals surface area contributed by atoms with Gasteiger partial charge in [-0.2, -0.15) is 13.9 Å². The molecule has 0 radical (unpaired) electrons. The van der Waals surface area contributed by atoms with E-state index >= 15 is 0 Å². The van der Waals surface area contributed by atoms with Gasteiger partial charge in [-0.15, -0.1) is 0 Å². The number of halogens is 2. The second-order valence-electron chi connectivity index (χ2n) is 3.82. The van der Waals surface area contributed by atoms with Crippen LogP contribution >= 0.6 is 0 Å². The van der Waals surface area contributed by atoms with Gasteiger partial charge in [-0.1, -0.05) is 30.3 Å². The highest BCUT2D eigenvalue weighted by atomic mass is 19.3. The molecular formula is C12H10F2N2O2. The standard InChI is InChI=1S/C12H10F2N2O2/c13-12(14,11(17)18)6-9-7-15-16-10(9)8-4-2-1-3-5-8/h1-5,7H,6H2,(H,15,16)(H,17,18). The van der Waals surface area contributed by atoms with Crippen molar-refractivity contribution in [1.82, 2.24) is 10.2 Å². The van der Waals surface area contributed by atoms with E-state index in [9.17, 15) is 13.6 Å². The van der Waals surface area contributed by atoms with Crippen LogP contribution in [0.25, 0.3) is 11.3 Å². The molecule has 2 aromatic rings. The molecule has 1 aromatic carbocycles. The molecule has 0 saturated carbocycles. The molecule has 6 heteroatoms. The van der Waals surface area contributed by atoms with Gasteiger partial charge in [-0.25, -0.2) is 4.79 Å². The van der Waals surface area contributed by atoms with Crippen molar-refractivity contribution in [3.05, 3.63) is 42.1 Å². The number of carbonyl (C=O) groups is 1. The molecule has 0 aliphatic heterocycles. The summed E-state index contributed by atoms with van der Waals surface area (Å²) in [6.45, 7) is 0. The Labute approximate surface area is 101 Å². The highest BCUT2D eigenvalue weighted by Gasteiger charge is 2.39. The maximum Gasteiger partial charge on any atom is 0.374 e. The van der Waals surface area contributed by atoms with Crippen molar-refractivity contribution in [2.75, 3.05) is 0 Å². The van der Waals surface area contributed by atoms with Crippen LogP contribution in [0.5, 0.6) is 0 Å². The quantitative estimate of drug-likeness (QED) is 0.877. The molecule has 0 unspecified atom stereocenters. The molecule has 0 spiro atoms. The first-order valence-corrected chi connectivity index (χ1v) is 5.19. The van der Waals surface area contributed by atoms with Crippen LogP contribution in [-0.4, -0.2) is 27.2 Å². The summed E-state index contributed by atoms with van der Waals surface area (Å²) in [5, 5.41) is 14.7. The van der Waals surface area contributed by atoms with Crippen LogP contribution in [0.15, 0.2) is 36.5 Å². The molecule has 0 saturated heterocycles. The average Bonchev–Trinajstić information content (AvgIpc) is 2.77. The number of carboxylic acids is 1. The lowest BCUT2D eigenvalue weighted by atomic mass is 10.0. The Kier molecular flexibility index (Phi) is 3.10. The minimum atomic E-state index is -3.80. The molecule has 1 aromatic heterocycles. The SMILES string of the molecule is O=C(O)C(F)(F)Cc1cn[nH]c1-c1ccccc1. The van der Waals surface area contributed by atoms with Crippen LogP contribution in [0.1, 0.15) is 5.56 Å². The summed E-state index contributed by atoms with van der Waals surface area (Å²) in [5.41, 5.74) is 1.27. The van der Waals surface area contributed by atoms with Gasteiger partial charge in [0.25, 0.3) is 0 Å². The average molecular weight is 252 g/mol. The van der Waals surface area contributed by atoms with E-state index in [0.717, 1.165) is 0 Å². The molecular weight excluding hydrogens is 242 g/mol. The van der Waals surface area contributed by atoms with Gasteiger partial charge in [0.05, 0.1) is 18.3 Å². The summed E-state index contributed by atoms with van der Waals surface area (Å²) in [5.74, 6) is -5.93. The van der Waals surface area contributed by atoms with Crippen molar-refractivity contribution < 1.29 is 18.7 Å². The van der Waals surface area contributed by atoms with Crippen molar-refractivity contribution in [3.8, 4) is 11.3 Å². The number of nitrogens with zero attached hydrogens (tertiary/aromatic N) is 1. The maximum absolute atomic E-state index is 13.2. The molecule has 4 nitrogen and oxygen atoms in total. The van der Waals surface area contributed by atoms with E-state index in [1.54, 1.807) is 30.3 Å². The van der Waals surface area contributed by atoms with Crippen molar-refractivity contribution in [2.24, 2.45) is 0 Å². The predicted molar refractivity (Wildman–Crippen MR) is 60.3 cm³/mol. The number of hydrogen-bond donors (Lipinski definition) is 2. The molecule has 0 bridgehead atoms. The third-order valence-electron chi connectivity index (χ3n) is 2.51. The fourth-order valence-electron chi connectivity index (χ4n) is 1.61. The van der Waals surface area contributed by atoms with Crippen molar-refractivity contribution >= 4 is 5.97 Å². The lowest BCUT2D eigenvalue weighted by Gasteiger charge is -2.10. The van der Waals surface area contributed by atoms with Crippen LogP contribution in [0.3, 0.4) is 0 Å². The Morgan fingerprint density at radius 2 is 2.00 bits per heavy atom. The zero-order valence-electron chi connectivity index (χ0n) is 9.23. The lowest BCUT2D eigenvalue weighted by Crippen LogP contribution is -2.30. The largest absolute Gasteiger partial charge is 0.477 e. The topological polar surface area (TPSA) is 66.0 Å². The molecule has 0 aliphatic carbocycles. The number of nitrogens with one attached hydrogen (secondary N) is 1. The Morgan fingerprint density at radius 1 is 1.33 bits per heavy atom. The molecule has 18 heavy (non-hydrogen) atoms. The minimum absolute atomic E-state index is 0.175. The summed E-state index contributed by atoms with van der Waals surface area (Å²) in [6.07, 6.45) is 0.336. The van der Waals surface area contributed by atoms with Crippen molar-refractivity contribution in [2.45, 2.75) is 12.3 Å². The number of aliphatic carboxylic acids is 1. The van der Waals surface area contributed by atoms with Crippen LogP contribution < -0.4 is 0 Å². The lowest BCUT2D eigenvalue weighted by molar-refractivity contribution is -0.164. The van der Waals surface area contributed by atoms with Crippen LogP contribution in [0.2, 0.25) is 0 Å². The third kappa shape index (κ3) is 2.37. The zero-order chi connectivity index (χ0) is 13.2. The second kappa shape index (κ2) is 4.56. The van der Waals surface area contributed by atoms with E-state index in [4.69, 9.17) is 5.11 Å². The Hall–Kier alpha value is -2.24. The summed E-state index contributed by atoms with van der Waals surface area (Å²) in [7, 11) is 0. The summed E-state index contributed by atoms with van der Waals surface area (Å²) in [4.78, 5) is 10.4. The van der Waals surface area contributed by atoms with Gasteiger partial charge in [0.1, 0.15) is 0 Å². The fraction of sp³-hybridized carbons (Fsp3) is 0.167. The van der Waals surface area contributed by atoms with Crippen LogP contribution in [-0.2, 0) is 11.2 Å². The zero-order valence-corrected chi connectivity index (χ0v) is 9.23. The number of aromatic nitrogens is 2. The highest BCUT2D eigenvalue weighted by Crippen LogP contribution is 2.27. The number of aromatic amines is 1. The minimum Gasteiger partial charge on any atom is -0.477 e. The molecule has 0 fully saturated rings. The number of benzene rings is 1. The maximum atomic E-state index is 13.2. The highest BCUT2D eigenvalue weighted by molar-refractivity contribution is 5.76. The Bertz CT molecular complexity index is 552. The van der Waals surface area contributed by atoms with Gasteiger partial charge < -0.3 is 5.11 Å². The van der Waals surface area contributed by atoms with Gasteiger partial charge in [0.2, 0.25) is 0 Å². The van der Waals surface area contributed by atoms with Gasteiger partial charge in [0, 0.05) is 5.56 Å². The van der Waals surface area contributed by atoms with E-state index in [-0.39, 0.29) is 5.56 Å². The first kappa shape index (κ1) is 12.2. The van der Waals surface area contributed by atoms with E-state index in [1.807, 2.05) is 0 Å². The van der Waals surface area contributed by atoms with Crippen molar-refractivity contribution in [1.29, 1.82) is 0 Å². The number of hydrogen-bond acceptors (Lipinski definition) is 2. The van der Waals surface area contributed by atoms with E-state index < -0.39 is 18.3 Å². The fourth-order valence-corrected chi connectivity index (χ4v) is 1.61. The first-order chi connectivity index (χ1) is 8.50. The molecule has 1 heterocycles. The predicted octanol–water partition coefficient (Wildman–Crippen LogP) is 2.34. The van der Waals surface area contributed by atoms with E-state index in [1.165, 1.54) is 6.20 Å². The Morgan fingerprint density at radius 3 is 2.61 bits per heavy atom. The number of carboxylic acid groups (broad SMARTS) is 1. The second-order valence-corrected chi connectivity index (χ2v) is 3.82. The molecule has 2 rings (SSSR count). The third-order valence-corrected chi connectivity index (χ3v) is 2.51. The van der Waals surface area contributed by atoms with Crippen LogP contribution in [0, 0.1) is 0 Å². The van der Waals surface area contributed by atoms with Gasteiger partial charge in [-0.3, -0.25) is 5.10 Å². The monoisotopic (exact) mass is 252 g/mol. The smallest absolute Gasteiger partial charge is 0.374 e. The molecule has 0 aliphatic rings. The van der Waals surface area contributed by atoms with E-state index in [2.05, 4.69) is 10.2 Å². The van der Waals surface area contributed by atoms with Gasteiger partial charge in [0.15, 0.2) is 0 Å². The van der Waals surface area contributed by atoms with Crippen LogP contribution in [0.4, 0.5) is 8.78 Å². The number of rotatable bonds is 4. The van der Waals surface area contributed by atoms with Gasteiger partial charge in [-0.05, 0) is 5.56 Å². The summed E-state index contributed by atoms with van der Waals surface area (Å²) < 4.78 is 26.3. The normalized spacial score (nSPS) is 11.4. The molecule has 94 valence electrons. The molecule has 2 N–H and O–H groups in total. The number of H-pyrrole nitrogens is 1. The number of alkyl halides is 2. The van der Waals surface area contributed by atoms with E-state index in [0.29, 0.717) is 11.3 Å². The molecule has 0 amide bonds. The Balaban J connectivity index is 2.32. The molecule has 0 atom stereocenters.